The number of hydrogen-bond acceptors (Lipinski definition) is 5. The van der Waals surface area contributed by atoms with Crippen LogP contribution in [0.3, 0.4) is 0 Å². The van der Waals surface area contributed by atoms with Crippen molar-refractivity contribution in [1.82, 2.24) is 25.6 Å². The summed E-state index contributed by atoms with van der Waals surface area (Å²) in [5.74, 6) is -0.269. The predicted molar refractivity (Wildman–Crippen MR) is 115 cm³/mol. The van der Waals surface area contributed by atoms with Crippen LogP contribution in [0.4, 0.5) is 0 Å². The minimum atomic E-state index is -0.495. The molecular weight excluding hydrogens is 394 g/mol. The number of carbonyl (C=O) groups is 2. The van der Waals surface area contributed by atoms with Gasteiger partial charge >= 0.3 is 0 Å². The minimum Gasteiger partial charge on any atom is -0.497 e. The molecule has 2 aromatic carbocycles. The highest BCUT2D eigenvalue weighted by Gasteiger charge is 2.19. The number of amides is 2. The Kier molecular flexibility index (Phi) is 5.70. The van der Waals surface area contributed by atoms with Gasteiger partial charge in [0.05, 0.1) is 23.9 Å². The molecule has 8 heteroatoms. The van der Waals surface area contributed by atoms with Crippen LogP contribution in [0.15, 0.2) is 85.3 Å². The maximum atomic E-state index is 12.9. The summed E-state index contributed by atoms with van der Waals surface area (Å²) in [6, 6.07) is 19.9. The first kappa shape index (κ1) is 19.8. The number of nitrogens with zero attached hydrogens (tertiary/aromatic N) is 3. The summed E-state index contributed by atoms with van der Waals surface area (Å²) in [5, 5.41) is 4.60. The van der Waals surface area contributed by atoms with E-state index in [1.165, 1.54) is 6.20 Å². The zero-order valence-electron chi connectivity index (χ0n) is 16.6. The lowest BCUT2D eigenvalue weighted by Crippen LogP contribution is -2.41. The van der Waals surface area contributed by atoms with Crippen molar-refractivity contribution in [1.29, 1.82) is 0 Å². The lowest BCUT2D eigenvalue weighted by atomic mass is 10.1. The Morgan fingerprint density at radius 3 is 2.32 bits per heavy atom. The summed E-state index contributed by atoms with van der Waals surface area (Å²) in [7, 11) is 1.59. The zero-order valence-corrected chi connectivity index (χ0v) is 16.6. The van der Waals surface area contributed by atoms with Crippen molar-refractivity contribution in [3.05, 3.63) is 96.4 Å². The number of para-hydroxylation sites is 1. The predicted octanol–water partition coefficient (Wildman–Crippen LogP) is 3.02. The molecule has 2 aromatic heterocycles. The number of hydrazine groups is 1. The molecule has 2 N–H and O–H groups in total. The molecule has 0 radical (unpaired) electrons. The van der Waals surface area contributed by atoms with E-state index in [0.717, 1.165) is 11.3 Å². The van der Waals surface area contributed by atoms with E-state index in [2.05, 4.69) is 20.9 Å². The highest BCUT2D eigenvalue weighted by atomic mass is 16.5. The van der Waals surface area contributed by atoms with E-state index in [-0.39, 0.29) is 0 Å². The SMILES string of the molecule is COc1ccc(-c2nn(-c3ccccc3)cc2C(=O)NNC(=O)c2cccnc2)cc1. The number of pyridine rings is 1. The van der Waals surface area contributed by atoms with Crippen molar-refractivity contribution in [2.75, 3.05) is 7.11 Å². The standard InChI is InChI=1S/C23H19N5O3/c1-31-19-11-9-16(10-12-19)21-20(15-28(27-21)18-7-3-2-4-8-18)23(30)26-25-22(29)17-6-5-13-24-14-17/h2-15H,1H3,(H,25,29)(H,26,30). The molecule has 31 heavy (non-hydrogen) atoms. The number of hydrogen-bond donors (Lipinski definition) is 2. The van der Waals surface area contributed by atoms with Crippen LogP contribution in [-0.4, -0.2) is 33.7 Å². The average Bonchev–Trinajstić information content (AvgIpc) is 3.29. The number of rotatable bonds is 5. The van der Waals surface area contributed by atoms with Crippen molar-refractivity contribution in [2.45, 2.75) is 0 Å². The molecule has 0 aliphatic heterocycles. The van der Waals surface area contributed by atoms with Crippen molar-refractivity contribution in [2.24, 2.45) is 0 Å². The Morgan fingerprint density at radius 2 is 1.65 bits per heavy atom. The Labute approximate surface area is 178 Å². The van der Waals surface area contributed by atoms with E-state index in [1.807, 2.05) is 42.5 Å². The molecule has 154 valence electrons. The zero-order chi connectivity index (χ0) is 21.6. The first-order chi connectivity index (χ1) is 15.2. The summed E-state index contributed by atoms with van der Waals surface area (Å²) in [5.41, 5.74) is 7.50. The second-order valence-corrected chi connectivity index (χ2v) is 6.55. The highest BCUT2D eigenvalue weighted by molar-refractivity contribution is 6.02. The van der Waals surface area contributed by atoms with Crippen LogP contribution in [0.1, 0.15) is 20.7 Å². The summed E-state index contributed by atoms with van der Waals surface area (Å²) in [6.45, 7) is 0. The number of methoxy groups -OCH3 is 1. The Hall–Kier alpha value is -4.46. The topological polar surface area (TPSA) is 98.1 Å². The molecule has 0 atom stereocenters. The van der Waals surface area contributed by atoms with Crippen LogP contribution in [0.2, 0.25) is 0 Å². The quantitative estimate of drug-likeness (QED) is 0.490. The minimum absolute atomic E-state index is 0.306. The van der Waals surface area contributed by atoms with E-state index in [0.29, 0.717) is 22.6 Å². The number of benzene rings is 2. The molecule has 2 heterocycles. The van der Waals surface area contributed by atoms with Crippen LogP contribution in [0.25, 0.3) is 16.9 Å². The van der Waals surface area contributed by atoms with Gasteiger partial charge in [-0.2, -0.15) is 5.10 Å². The van der Waals surface area contributed by atoms with Gasteiger partial charge in [-0.05, 0) is 48.5 Å². The van der Waals surface area contributed by atoms with Gasteiger partial charge in [0.25, 0.3) is 11.8 Å². The van der Waals surface area contributed by atoms with Gasteiger partial charge in [-0.15, -0.1) is 0 Å². The van der Waals surface area contributed by atoms with Crippen molar-refractivity contribution in [3.63, 3.8) is 0 Å². The lowest BCUT2D eigenvalue weighted by molar-refractivity contribution is 0.0847. The molecule has 0 saturated carbocycles. The van der Waals surface area contributed by atoms with Crippen LogP contribution in [-0.2, 0) is 0 Å². The number of carbonyl (C=O) groups excluding carboxylic acids is 2. The molecule has 0 aliphatic rings. The second-order valence-electron chi connectivity index (χ2n) is 6.55. The summed E-state index contributed by atoms with van der Waals surface area (Å²) in [4.78, 5) is 29.1. The van der Waals surface area contributed by atoms with E-state index in [9.17, 15) is 9.59 Å². The van der Waals surface area contributed by atoms with E-state index in [4.69, 9.17) is 4.74 Å². The number of aromatic nitrogens is 3. The molecule has 2 amide bonds. The third-order valence-electron chi connectivity index (χ3n) is 4.56. The van der Waals surface area contributed by atoms with E-state index in [1.54, 1.807) is 48.5 Å². The number of nitrogens with one attached hydrogen (secondary N) is 2. The van der Waals surface area contributed by atoms with Crippen molar-refractivity contribution in [3.8, 4) is 22.7 Å². The molecule has 0 saturated heterocycles. The van der Waals surface area contributed by atoms with Gasteiger partial charge in [0.1, 0.15) is 11.4 Å². The molecule has 0 spiro atoms. The molecule has 0 fully saturated rings. The first-order valence-electron chi connectivity index (χ1n) is 9.46. The number of ether oxygens (including phenoxy) is 1. The van der Waals surface area contributed by atoms with Gasteiger partial charge in [0, 0.05) is 24.2 Å². The van der Waals surface area contributed by atoms with Crippen LogP contribution in [0, 0.1) is 0 Å². The molecule has 0 aliphatic carbocycles. The van der Waals surface area contributed by atoms with E-state index >= 15 is 0 Å². The smallest absolute Gasteiger partial charge is 0.273 e. The third kappa shape index (κ3) is 4.43. The van der Waals surface area contributed by atoms with Crippen molar-refractivity contribution < 1.29 is 14.3 Å². The normalized spacial score (nSPS) is 10.4. The maximum Gasteiger partial charge on any atom is 0.273 e. The maximum absolute atomic E-state index is 12.9. The molecule has 0 unspecified atom stereocenters. The first-order valence-corrected chi connectivity index (χ1v) is 9.46. The Bertz CT molecular complexity index is 1190. The summed E-state index contributed by atoms with van der Waals surface area (Å²) >= 11 is 0. The largest absolute Gasteiger partial charge is 0.497 e. The second kappa shape index (κ2) is 8.91. The van der Waals surface area contributed by atoms with Gasteiger partial charge in [-0.25, -0.2) is 4.68 Å². The fourth-order valence-electron chi connectivity index (χ4n) is 2.97. The van der Waals surface area contributed by atoms with Gasteiger partial charge in [0.2, 0.25) is 0 Å². The van der Waals surface area contributed by atoms with Crippen LogP contribution < -0.4 is 15.6 Å². The molecule has 8 nitrogen and oxygen atoms in total. The lowest BCUT2D eigenvalue weighted by Gasteiger charge is -2.07. The van der Waals surface area contributed by atoms with Gasteiger partial charge in [0.15, 0.2) is 0 Å². The molecule has 4 rings (SSSR count). The monoisotopic (exact) mass is 413 g/mol. The van der Waals surface area contributed by atoms with Crippen molar-refractivity contribution >= 4 is 11.8 Å². The fourth-order valence-corrected chi connectivity index (χ4v) is 2.97. The molecule has 0 bridgehead atoms. The average molecular weight is 413 g/mol. The Morgan fingerprint density at radius 1 is 0.903 bits per heavy atom. The third-order valence-corrected chi connectivity index (χ3v) is 4.56. The highest BCUT2D eigenvalue weighted by Crippen LogP contribution is 2.25. The Balaban J connectivity index is 1.63. The van der Waals surface area contributed by atoms with Crippen LogP contribution >= 0.6 is 0 Å². The summed E-state index contributed by atoms with van der Waals surface area (Å²) in [6.07, 6.45) is 4.60. The van der Waals surface area contributed by atoms with Crippen LogP contribution in [0.5, 0.6) is 5.75 Å². The van der Waals surface area contributed by atoms with Gasteiger partial charge in [-0.1, -0.05) is 18.2 Å². The van der Waals surface area contributed by atoms with E-state index < -0.39 is 11.8 Å². The van der Waals surface area contributed by atoms with Gasteiger partial charge < -0.3 is 4.74 Å². The van der Waals surface area contributed by atoms with Gasteiger partial charge in [-0.3, -0.25) is 25.4 Å². The fraction of sp³-hybridized carbons (Fsp3) is 0.0435. The molecule has 4 aromatic rings. The summed E-state index contributed by atoms with van der Waals surface area (Å²) < 4.78 is 6.83. The molecular formula is C23H19N5O3.